The Morgan fingerprint density at radius 1 is 1.17 bits per heavy atom. The number of fused-ring (bicyclic) bond motifs is 1. The first-order chi connectivity index (χ1) is 11.1. The van der Waals surface area contributed by atoms with E-state index in [1.807, 2.05) is 19.9 Å². The number of ketones is 1. The van der Waals surface area contributed by atoms with Gasteiger partial charge in [-0.2, -0.15) is 0 Å². The summed E-state index contributed by atoms with van der Waals surface area (Å²) in [7, 11) is 0. The van der Waals surface area contributed by atoms with Gasteiger partial charge in [0, 0.05) is 5.56 Å². The fraction of sp³-hybridized carbons (Fsp3) is 0.636. The molecule has 0 spiro atoms. The summed E-state index contributed by atoms with van der Waals surface area (Å²) in [5.41, 5.74) is 2.55. The van der Waals surface area contributed by atoms with Crippen molar-refractivity contribution in [1.29, 1.82) is 0 Å². The van der Waals surface area contributed by atoms with Crippen molar-refractivity contribution in [3.8, 4) is 0 Å². The first-order valence-corrected chi connectivity index (χ1v) is 9.22. The molecule has 1 aliphatic carbocycles. The van der Waals surface area contributed by atoms with E-state index >= 15 is 0 Å². The molecule has 0 aromatic heterocycles. The van der Waals surface area contributed by atoms with Crippen molar-refractivity contribution < 1.29 is 9.59 Å². The minimum Gasteiger partial charge on any atom is -0.302 e. The summed E-state index contributed by atoms with van der Waals surface area (Å²) in [5, 5.41) is 0. The molecule has 1 atom stereocenters. The maximum Gasteiger partial charge on any atom is 0.176 e. The number of carbonyl (C=O) groups is 2. The SMILES string of the molecule is CCC(C=O)(CC)C(=O)c1ccc2c(c1)C(C)(C)C(C)CC2(C)C. The van der Waals surface area contributed by atoms with E-state index in [4.69, 9.17) is 0 Å². The Morgan fingerprint density at radius 3 is 2.25 bits per heavy atom. The third-order valence-corrected chi connectivity index (χ3v) is 6.69. The van der Waals surface area contributed by atoms with Crippen LogP contribution in [0.4, 0.5) is 0 Å². The Balaban J connectivity index is 2.61. The largest absolute Gasteiger partial charge is 0.302 e. The summed E-state index contributed by atoms with van der Waals surface area (Å²) < 4.78 is 0. The van der Waals surface area contributed by atoms with Gasteiger partial charge in [-0.1, -0.05) is 60.6 Å². The molecule has 1 aliphatic rings. The van der Waals surface area contributed by atoms with E-state index in [9.17, 15) is 9.59 Å². The van der Waals surface area contributed by atoms with Crippen molar-refractivity contribution >= 4 is 12.1 Å². The van der Waals surface area contributed by atoms with Crippen molar-refractivity contribution in [3.63, 3.8) is 0 Å². The minimum absolute atomic E-state index is 0.0304. The lowest BCUT2D eigenvalue weighted by molar-refractivity contribution is -0.114. The van der Waals surface area contributed by atoms with E-state index < -0.39 is 5.41 Å². The number of rotatable bonds is 5. The van der Waals surface area contributed by atoms with E-state index in [1.165, 1.54) is 11.1 Å². The van der Waals surface area contributed by atoms with Crippen molar-refractivity contribution in [2.45, 2.75) is 78.6 Å². The van der Waals surface area contributed by atoms with Crippen molar-refractivity contribution in [1.82, 2.24) is 0 Å². The summed E-state index contributed by atoms with van der Waals surface area (Å²) >= 11 is 0. The summed E-state index contributed by atoms with van der Waals surface area (Å²) in [5.74, 6) is 0.510. The molecule has 0 fully saturated rings. The number of carbonyl (C=O) groups excluding carboxylic acids is 2. The lowest BCUT2D eigenvalue weighted by atomic mass is 9.58. The Morgan fingerprint density at radius 2 is 1.75 bits per heavy atom. The van der Waals surface area contributed by atoms with Crippen LogP contribution in [0, 0.1) is 11.3 Å². The lowest BCUT2D eigenvalue weighted by Gasteiger charge is -2.46. The monoisotopic (exact) mass is 328 g/mol. The Bertz CT molecular complexity index is 648. The second-order valence-electron chi connectivity index (χ2n) is 8.78. The van der Waals surface area contributed by atoms with E-state index in [2.05, 4.69) is 46.8 Å². The first-order valence-electron chi connectivity index (χ1n) is 9.22. The van der Waals surface area contributed by atoms with Crippen molar-refractivity contribution in [2.75, 3.05) is 0 Å². The Labute approximate surface area is 147 Å². The molecule has 24 heavy (non-hydrogen) atoms. The van der Waals surface area contributed by atoms with Crippen LogP contribution in [0.25, 0.3) is 0 Å². The summed E-state index contributed by atoms with van der Waals surface area (Å²) in [6, 6.07) is 6.12. The van der Waals surface area contributed by atoms with Crippen molar-refractivity contribution in [2.24, 2.45) is 11.3 Å². The maximum atomic E-state index is 13.1. The zero-order chi connectivity index (χ0) is 18.3. The molecule has 132 valence electrons. The van der Waals surface area contributed by atoms with E-state index in [1.54, 1.807) is 0 Å². The second-order valence-corrected chi connectivity index (χ2v) is 8.78. The molecule has 0 amide bonds. The number of Topliss-reactive ketones (excluding diaryl/α,β-unsaturated/α-hetero) is 1. The second kappa shape index (κ2) is 6.13. The average Bonchev–Trinajstić information content (AvgIpc) is 2.54. The van der Waals surface area contributed by atoms with Gasteiger partial charge in [-0.05, 0) is 53.2 Å². The van der Waals surface area contributed by atoms with Crippen LogP contribution in [-0.2, 0) is 15.6 Å². The third kappa shape index (κ3) is 2.74. The molecule has 1 aromatic rings. The van der Waals surface area contributed by atoms with Gasteiger partial charge in [0.05, 0.1) is 5.41 Å². The van der Waals surface area contributed by atoms with Gasteiger partial charge in [0.2, 0.25) is 0 Å². The summed E-state index contributed by atoms with van der Waals surface area (Å²) in [4.78, 5) is 24.7. The van der Waals surface area contributed by atoms with E-state index in [0.717, 1.165) is 12.7 Å². The summed E-state index contributed by atoms with van der Waals surface area (Å²) in [6.45, 7) is 15.2. The highest BCUT2D eigenvalue weighted by Crippen LogP contribution is 2.49. The van der Waals surface area contributed by atoms with Gasteiger partial charge in [0.1, 0.15) is 6.29 Å². The number of hydrogen-bond donors (Lipinski definition) is 0. The normalized spacial score (nSPS) is 21.9. The van der Waals surface area contributed by atoms with Gasteiger partial charge in [-0.25, -0.2) is 0 Å². The first kappa shape index (κ1) is 18.9. The highest BCUT2D eigenvalue weighted by Gasteiger charge is 2.43. The maximum absolute atomic E-state index is 13.1. The van der Waals surface area contributed by atoms with Gasteiger partial charge in [-0.15, -0.1) is 0 Å². The van der Waals surface area contributed by atoms with Crippen LogP contribution in [0.3, 0.4) is 0 Å². The van der Waals surface area contributed by atoms with Gasteiger partial charge >= 0.3 is 0 Å². The fourth-order valence-corrected chi connectivity index (χ4v) is 4.28. The smallest absolute Gasteiger partial charge is 0.176 e. The molecule has 1 unspecified atom stereocenters. The van der Waals surface area contributed by atoms with Crippen LogP contribution in [0.15, 0.2) is 18.2 Å². The average molecular weight is 328 g/mol. The topological polar surface area (TPSA) is 34.1 Å². The summed E-state index contributed by atoms with van der Waals surface area (Å²) in [6.07, 6.45) is 3.09. The van der Waals surface area contributed by atoms with Crippen LogP contribution < -0.4 is 0 Å². The molecule has 0 saturated carbocycles. The van der Waals surface area contributed by atoms with Gasteiger partial charge in [-0.3, -0.25) is 4.79 Å². The van der Waals surface area contributed by atoms with E-state index in [-0.39, 0.29) is 16.6 Å². The highest BCUT2D eigenvalue weighted by atomic mass is 16.1. The van der Waals surface area contributed by atoms with Crippen LogP contribution in [-0.4, -0.2) is 12.1 Å². The van der Waals surface area contributed by atoms with E-state index in [0.29, 0.717) is 24.3 Å². The number of hydrogen-bond acceptors (Lipinski definition) is 2. The molecular weight excluding hydrogens is 296 g/mol. The molecule has 2 heteroatoms. The molecule has 0 bridgehead atoms. The lowest BCUT2D eigenvalue weighted by Crippen LogP contribution is -2.40. The van der Waals surface area contributed by atoms with Crippen LogP contribution in [0.1, 0.15) is 89.2 Å². The van der Waals surface area contributed by atoms with Crippen LogP contribution in [0.2, 0.25) is 0 Å². The molecule has 0 aliphatic heterocycles. The van der Waals surface area contributed by atoms with Gasteiger partial charge in [0.25, 0.3) is 0 Å². The molecule has 1 aromatic carbocycles. The Hall–Kier alpha value is -1.44. The van der Waals surface area contributed by atoms with Crippen molar-refractivity contribution in [3.05, 3.63) is 34.9 Å². The Kier molecular flexibility index (Phi) is 4.82. The van der Waals surface area contributed by atoms with Crippen LogP contribution in [0.5, 0.6) is 0 Å². The zero-order valence-electron chi connectivity index (χ0n) is 16.3. The van der Waals surface area contributed by atoms with Gasteiger partial charge < -0.3 is 4.79 Å². The third-order valence-electron chi connectivity index (χ3n) is 6.69. The zero-order valence-corrected chi connectivity index (χ0v) is 16.3. The minimum atomic E-state index is -0.881. The molecule has 0 heterocycles. The molecule has 0 radical (unpaired) electrons. The quantitative estimate of drug-likeness (QED) is 0.408. The molecular formula is C22H32O2. The molecule has 2 rings (SSSR count). The molecule has 0 saturated heterocycles. The van der Waals surface area contributed by atoms with Gasteiger partial charge in [0.15, 0.2) is 5.78 Å². The number of benzene rings is 1. The highest BCUT2D eigenvalue weighted by molar-refractivity contribution is 6.09. The predicted octanol–water partition coefficient (Wildman–Crippen LogP) is 5.47. The fourth-order valence-electron chi connectivity index (χ4n) is 4.28. The standard InChI is InChI=1S/C22H32O2/c1-8-22(9-2,14-23)19(24)16-10-11-17-18(12-16)21(6,7)15(3)13-20(17,4)5/h10-12,14-15H,8-9,13H2,1-7H3. The van der Waals surface area contributed by atoms with Crippen LogP contribution >= 0.6 is 0 Å². The molecule has 0 N–H and O–H groups in total. The predicted molar refractivity (Wildman–Crippen MR) is 99.7 cm³/mol. The number of aldehydes is 1. The molecule has 2 nitrogen and oxygen atoms in total.